The molecule has 1 atom stereocenters. The summed E-state index contributed by atoms with van der Waals surface area (Å²) in [6.07, 6.45) is 0. The molecular formula is C19H29N3O3. The van der Waals surface area contributed by atoms with E-state index in [1.165, 1.54) is 5.56 Å². The van der Waals surface area contributed by atoms with E-state index in [2.05, 4.69) is 5.32 Å². The standard InChI is InChI=1S/C19H29N3O3/c1-14-6-8-16(9-7-14)12-21-10-11-22(15(2)17(21)23)18(24)20-13-19(3,4)25-5/h6-9,15H,10-13H2,1-5H3,(H,20,24). The molecule has 1 aliphatic heterocycles. The zero-order chi connectivity index (χ0) is 18.6. The van der Waals surface area contributed by atoms with Gasteiger partial charge in [0.25, 0.3) is 0 Å². The molecule has 3 amide bonds. The number of aryl methyl sites for hydroxylation is 1. The highest BCUT2D eigenvalue weighted by Gasteiger charge is 2.34. The minimum absolute atomic E-state index is 0.0204. The van der Waals surface area contributed by atoms with Crippen LogP contribution in [0.2, 0.25) is 0 Å². The van der Waals surface area contributed by atoms with Gasteiger partial charge in [0.2, 0.25) is 5.91 Å². The predicted octanol–water partition coefficient (Wildman–Crippen LogP) is 2.16. The van der Waals surface area contributed by atoms with E-state index >= 15 is 0 Å². The number of piperazine rings is 1. The van der Waals surface area contributed by atoms with Crippen LogP contribution in [0.4, 0.5) is 4.79 Å². The average Bonchev–Trinajstić information content (AvgIpc) is 2.59. The number of hydrogen-bond donors (Lipinski definition) is 1. The van der Waals surface area contributed by atoms with E-state index in [0.717, 1.165) is 5.56 Å². The van der Waals surface area contributed by atoms with Crippen molar-refractivity contribution in [3.63, 3.8) is 0 Å². The third-order valence-electron chi connectivity index (χ3n) is 4.72. The number of nitrogens with zero attached hydrogens (tertiary/aromatic N) is 2. The van der Waals surface area contributed by atoms with Crippen molar-refractivity contribution in [2.75, 3.05) is 26.7 Å². The van der Waals surface area contributed by atoms with Crippen LogP contribution in [-0.4, -0.2) is 60.1 Å². The fraction of sp³-hybridized carbons (Fsp3) is 0.579. The van der Waals surface area contributed by atoms with Crippen molar-refractivity contribution in [2.24, 2.45) is 0 Å². The molecule has 0 aromatic heterocycles. The quantitative estimate of drug-likeness (QED) is 0.888. The topological polar surface area (TPSA) is 61.9 Å². The Kier molecular flexibility index (Phi) is 6.06. The van der Waals surface area contributed by atoms with Gasteiger partial charge in [-0.3, -0.25) is 4.79 Å². The molecule has 0 aliphatic carbocycles. The summed E-state index contributed by atoms with van der Waals surface area (Å²) >= 11 is 0. The maximum Gasteiger partial charge on any atom is 0.318 e. The van der Waals surface area contributed by atoms with Crippen molar-refractivity contribution in [3.05, 3.63) is 35.4 Å². The molecule has 1 saturated heterocycles. The summed E-state index contributed by atoms with van der Waals surface area (Å²) in [5.74, 6) is -0.0204. The lowest BCUT2D eigenvalue weighted by atomic mass is 10.1. The van der Waals surface area contributed by atoms with Crippen LogP contribution in [0.25, 0.3) is 0 Å². The highest BCUT2D eigenvalue weighted by Crippen LogP contribution is 2.16. The zero-order valence-corrected chi connectivity index (χ0v) is 15.8. The molecule has 0 spiro atoms. The molecule has 1 unspecified atom stereocenters. The molecular weight excluding hydrogens is 318 g/mol. The number of ether oxygens (including phenoxy) is 1. The van der Waals surface area contributed by atoms with Gasteiger partial charge in [0.1, 0.15) is 6.04 Å². The van der Waals surface area contributed by atoms with Gasteiger partial charge in [-0.05, 0) is 33.3 Å². The predicted molar refractivity (Wildman–Crippen MR) is 97.3 cm³/mol. The SMILES string of the molecule is COC(C)(C)CNC(=O)N1CCN(Cc2ccc(C)cc2)C(=O)C1C. The first-order valence-corrected chi connectivity index (χ1v) is 8.67. The molecule has 6 heteroatoms. The molecule has 1 heterocycles. The van der Waals surface area contributed by atoms with Gasteiger partial charge in [0.15, 0.2) is 0 Å². The highest BCUT2D eigenvalue weighted by atomic mass is 16.5. The van der Waals surface area contributed by atoms with Gasteiger partial charge in [-0.25, -0.2) is 4.79 Å². The van der Waals surface area contributed by atoms with Crippen LogP contribution < -0.4 is 5.32 Å². The number of nitrogens with one attached hydrogen (secondary N) is 1. The minimum Gasteiger partial charge on any atom is -0.377 e. The van der Waals surface area contributed by atoms with Crippen LogP contribution in [0, 0.1) is 6.92 Å². The van der Waals surface area contributed by atoms with Gasteiger partial charge in [0, 0.05) is 33.3 Å². The molecule has 25 heavy (non-hydrogen) atoms. The fourth-order valence-corrected chi connectivity index (χ4v) is 2.74. The largest absolute Gasteiger partial charge is 0.377 e. The summed E-state index contributed by atoms with van der Waals surface area (Å²) < 4.78 is 5.31. The summed E-state index contributed by atoms with van der Waals surface area (Å²) in [5.41, 5.74) is 1.87. The molecule has 1 aromatic rings. The number of carbonyl (C=O) groups is 2. The fourth-order valence-electron chi connectivity index (χ4n) is 2.74. The normalized spacial score (nSPS) is 18.4. The van der Waals surface area contributed by atoms with Gasteiger partial charge in [-0.2, -0.15) is 0 Å². The Balaban J connectivity index is 1.94. The van der Waals surface area contributed by atoms with Crippen LogP contribution in [0.3, 0.4) is 0 Å². The Morgan fingerprint density at radius 1 is 1.28 bits per heavy atom. The molecule has 138 valence electrons. The number of urea groups is 1. The number of amides is 3. The monoisotopic (exact) mass is 347 g/mol. The molecule has 0 saturated carbocycles. The maximum atomic E-state index is 12.6. The van der Waals surface area contributed by atoms with Crippen LogP contribution in [0.15, 0.2) is 24.3 Å². The van der Waals surface area contributed by atoms with Crippen LogP contribution in [0.5, 0.6) is 0 Å². The molecule has 0 radical (unpaired) electrons. The number of methoxy groups -OCH3 is 1. The summed E-state index contributed by atoms with van der Waals surface area (Å²) in [4.78, 5) is 28.5. The van der Waals surface area contributed by atoms with Gasteiger partial charge in [0.05, 0.1) is 5.60 Å². The number of benzene rings is 1. The Bertz CT molecular complexity index is 613. The Morgan fingerprint density at radius 3 is 2.52 bits per heavy atom. The molecule has 1 fully saturated rings. The minimum atomic E-state index is -0.468. The summed E-state index contributed by atoms with van der Waals surface area (Å²) in [5, 5.41) is 2.86. The summed E-state index contributed by atoms with van der Waals surface area (Å²) in [7, 11) is 1.61. The van der Waals surface area contributed by atoms with E-state index in [1.54, 1.807) is 18.9 Å². The van der Waals surface area contributed by atoms with E-state index in [9.17, 15) is 9.59 Å². The van der Waals surface area contributed by atoms with Crippen molar-refractivity contribution in [1.82, 2.24) is 15.1 Å². The second-order valence-corrected chi connectivity index (χ2v) is 7.24. The van der Waals surface area contributed by atoms with Crippen LogP contribution in [0.1, 0.15) is 31.9 Å². The van der Waals surface area contributed by atoms with Crippen molar-refractivity contribution in [3.8, 4) is 0 Å². The summed E-state index contributed by atoms with van der Waals surface area (Å²) in [6, 6.07) is 7.48. The Morgan fingerprint density at radius 2 is 1.92 bits per heavy atom. The molecule has 1 aromatic carbocycles. The molecule has 2 rings (SSSR count). The first-order chi connectivity index (χ1) is 11.7. The average molecular weight is 347 g/mol. The van der Waals surface area contributed by atoms with Crippen molar-refractivity contribution in [2.45, 2.75) is 45.9 Å². The number of rotatable bonds is 5. The van der Waals surface area contributed by atoms with E-state index in [4.69, 9.17) is 4.74 Å². The lowest BCUT2D eigenvalue weighted by Crippen LogP contribution is -2.60. The van der Waals surface area contributed by atoms with Gasteiger partial charge in [-0.1, -0.05) is 29.8 Å². The Labute approximate surface area is 150 Å². The Hall–Kier alpha value is -2.08. The second-order valence-electron chi connectivity index (χ2n) is 7.24. The van der Waals surface area contributed by atoms with Crippen molar-refractivity contribution < 1.29 is 14.3 Å². The third-order valence-corrected chi connectivity index (χ3v) is 4.72. The van der Waals surface area contributed by atoms with E-state index in [1.807, 2.05) is 49.9 Å². The van der Waals surface area contributed by atoms with Crippen LogP contribution >= 0.6 is 0 Å². The van der Waals surface area contributed by atoms with Crippen LogP contribution in [-0.2, 0) is 16.1 Å². The molecule has 1 aliphatic rings. The van der Waals surface area contributed by atoms with Crippen molar-refractivity contribution in [1.29, 1.82) is 0 Å². The van der Waals surface area contributed by atoms with E-state index in [0.29, 0.717) is 26.2 Å². The number of hydrogen-bond acceptors (Lipinski definition) is 3. The lowest BCUT2D eigenvalue weighted by Gasteiger charge is -2.39. The molecule has 0 bridgehead atoms. The van der Waals surface area contributed by atoms with Gasteiger partial charge >= 0.3 is 6.03 Å². The second kappa shape index (κ2) is 7.87. The molecule has 6 nitrogen and oxygen atoms in total. The van der Waals surface area contributed by atoms with Gasteiger partial charge in [-0.15, -0.1) is 0 Å². The smallest absolute Gasteiger partial charge is 0.318 e. The van der Waals surface area contributed by atoms with E-state index < -0.39 is 11.6 Å². The first kappa shape index (κ1) is 19.2. The zero-order valence-electron chi connectivity index (χ0n) is 15.8. The summed E-state index contributed by atoms with van der Waals surface area (Å²) in [6.45, 7) is 9.67. The lowest BCUT2D eigenvalue weighted by molar-refractivity contribution is -0.139. The first-order valence-electron chi connectivity index (χ1n) is 8.67. The molecule has 1 N–H and O–H groups in total. The van der Waals surface area contributed by atoms with Gasteiger partial charge < -0.3 is 19.9 Å². The maximum absolute atomic E-state index is 12.6. The van der Waals surface area contributed by atoms with E-state index in [-0.39, 0.29) is 11.9 Å². The number of carbonyl (C=O) groups excluding carboxylic acids is 2. The third kappa shape index (κ3) is 4.95. The highest BCUT2D eigenvalue weighted by molar-refractivity contribution is 5.88. The van der Waals surface area contributed by atoms with Crippen molar-refractivity contribution >= 4 is 11.9 Å².